The highest BCUT2D eigenvalue weighted by Gasteiger charge is 2.16. The fraction of sp³-hybridized carbons (Fsp3) is 0.360. The van der Waals surface area contributed by atoms with Crippen LogP contribution in [0.15, 0.2) is 60.7 Å². The van der Waals surface area contributed by atoms with Crippen LogP contribution in [0.3, 0.4) is 0 Å². The number of ether oxygens (including phenoxy) is 1. The number of benzene rings is 2. The van der Waals surface area contributed by atoms with E-state index < -0.39 is 0 Å². The van der Waals surface area contributed by atoms with Crippen molar-refractivity contribution < 1.29 is 9.53 Å². The van der Waals surface area contributed by atoms with Crippen LogP contribution < -0.4 is 4.74 Å². The van der Waals surface area contributed by atoms with Gasteiger partial charge in [0.05, 0.1) is 12.1 Å². The van der Waals surface area contributed by atoms with Crippen molar-refractivity contribution in [3.8, 4) is 17.0 Å². The van der Waals surface area contributed by atoms with E-state index in [1.807, 2.05) is 35.2 Å². The van der Waals surface area contributed by atoms with Crippen LogP contribution in [0.1, 0.15) is 38.5 Å². The smallest absolute Gasteiger partial charge is 0.222 e. The topological polar surface area (TPSA) is 42.4 Å². The van der Waals surface area contributed by atoms with E-state index in [4.69, 9.17) is 4.74 Å². The van der Waals surface area contributed by atoms with Crippen molar-refractivity contribution in [3.05, 3.63) is 60.7 Å². The molecule has 1 amide bonds. The molecule has 0 aliphatic carbocycles. The molecule has 0 bridgehead atoms. The predicted molar refractivity (Wildman–Crippen MR) is 117 cm³/mol. The molecule has 0 N–H and O–H groups in total. The summed E-state index contributed by atoms with van der Waals surface area (Å²) in [5.41, 5.74) is 3.25. The minimum absolute atomic E-state index is 0.312. The SMILES string of the molecule is O=C(CCCCCOc1cc(-c2ccccc2)c2ccccc2n1)N1CCCC1. The quantitative estimate of drug-likeness (QED) is 0.481. The molecular formula is C25H28N2O2. The summed E-state index contributed by atoms with van der Waals surface area (Å²) in [6, 6.07) is 20.6. The monoisotopic (exact) mass is 388 g/mol. The summed E-state index contributed by atoms with van der Waals surface area (Å²) in [4.78, 5) is 18.8. The van der Waals surface area contributed by atoms with E-state index in [9.17, 15) is 4.79 Å². The molecule has 0 unspecified atom stereocenters. The van der Waals surface area contributed by atoms with Gasteiger partial charge in [-0.25, -0.2) is 4.98 Å². The number of rotatable bonds is 8. The summed E-state index contributed by atoms with van der Waals surface area (Å²) >= 11 is 0. The molecule has 2 heterocycles. The number of carbonyl (C=O) groups excluding carboxylic acids is 1. The molecule has 1 aromatic heterocycles. The Morgan fingerprint density at radius 2 is 1.69 bits per heavy atom. The number of pyridine rings is 1. The molecule has 1 aliphatic rings. The van der Waals surface area contributed by atoms with Gasteiger partial charge in [0.25, 0.3) is 0 Å². The first-order chi connectivity index (χ1) is 14.3. The Labute approximate surface area is 172 Å². The normalized spacial score (nSPS) is 13.7. The van der Waals surface area contributed by atoms with Crippen LogP contribution in [0, 0.1) is 0 Å². The number of hydrogen-bond acceptors (Lipinski definition) is 3. The molecule has 4 heteroatoms. The summed E-state index contributed by atoms with van der Waals surface area (Å²) in [5, 5.41) is 1.13. The van der Waals surface area contributed by atoms with Crippen LogP contribution in [-0.4, -0.2) is 35.5 Å². The van der Waals surface area contributed by atoms with Crippen LogP contribution in [0.5, 0.6) is 5.88 Å². The molecule has 3 aromatic rings. The number of carbonyl (C=O) groups is 1. The maximum absolute atomic E-state index is 12.1. The fourth-order valence-corrected chi connectivity index (χ4v) is 3.94. The molecule has 0 spiro atoms. The highest BCUT2D eigenvalue weighted by Crippen LogP contribution is 2.30. The van der Waals surface area contributed by atoms with Crippen molar-refractivity contribution in [3.63, 3.8) is 0 Å². The number of likely N-dealkylation sites (tertiary alicyclic amines) is 1. The Hall–Kier alpha value is -2.88. The Kier molecular flexibility index (Phi) is 6.40. The lowest BCUT2D eigenvalue weighted by molar-refractivity contribution is -0.130. The minimum Gasteiger partial charge on any atom is -0.478 e. The van der Waals surface area contributed by atoms with Crippen LogP contribution in [0.25, 0.3) is 22.0 Å². The average Bonchev–Trinajstić information content (AvgIpc) is 3.31. The Balaban J connectivity index is 1.33. The van der Waals surface area contributed by atoms with Crippen molar-refractivity contribution in [2.75, 3.05) is 19.7 Å². The molecule has 0 saturated carbocycles. The Morgan fingerprint density at radius 3 is 2.52 bits per heavy atom. The van der Waals surface area contributed by atoms with E-state index in [0.717, 1.165) is 67.2 Å². The third-order valence-corrected chi connectivity index (χ3v) is 5.52. The van der Waals surface area contributed by atoms with Crippen LogP contribution in [-0.2, 0) is 4.79 Å². The largest absolute Gasteiger partial charge is 0.478 e. The van der Waals surface area contributed by atoms with Gasteiger partial charge in [-0.3, -0.25) is 4.79 Å². The van der Waals surface area contributed by atoms with E-state index >= 15 is 0 Å². The van der Waals surface area contributed by atoms with E-state index in [0.29, 0.717) is 24.8 Å². The molecule has 0 radical (unpaired) electrons. The van der Waals surface area contributed by atoms with Crippen molar-refractivity contribution in [2.45, 2.75) is 38.5 Å². The maximum atomic E-state index is 12.1. The van der Waals surface area contributed by atoms with E-state index in [2.05, 4.69) is 35.3 Å². The van der Waals surface area contributed by atoms with Gasteiger partial charge < -0.3 is 9.64 Å². The lowest BCUT2D eigenvalue weighted by Gasteiger charge is -2.14. The third kappa shape index (κ3) is 4.94. The molecule has 29 heavy (non-hydrogen) atoms. The van der Waals surface area contributed by atoms with Crippen LogP contribution in [0.2, 0.25) is 0 Å². The van der Waals surface area contributed by atoms with Gasteiger partial charge in [-0.15, -0.1) is 0 Å². The van der Waals surface area contributed by atoms with Gasteiger partial charge in [0, 0.05) is 31.0 Å². The zero-order valence-corrected chi connectivity index (χ0v) is 16.8. The van der Waals surface area contributed by atoms with Crippen molar-refractivity contribution >= 4 is 16.8 Å². The molecule has 150 valence electrons. The lowest BCUT2D eigenvalue weighted by atomic mass is 10.0. The number of amides is 1. The molecular weight excluding hydrogens is 360 g/mol. The number of nitrogens with zero attached hydrogens (tertiary/aromatic N) is 2. The number of fused-ring (bicyclic) bond motifs is 1. The van der Waals surface area contributed by atoms with Crippen molar-refractivity contribution in [1.82, 2.24) is 9.88 Å². The molecule has 1 fully saturated rings. The molecule has 1 saturated heterocycles. The van der Waals surface area contributed by atoms with Gasteiger partial charge in [0.15, 0.2) is 0 Å². The summed E-state index contributed by atoms with van der Waals surface area (Å²) in [5.74, 6) is 0.975. The standard InChI is InChI=1S/C25H28N2O2/c28-25(27-16-8-9-17-27)15-5-2-10-18-29-24-19-22(20-11-3-1-4-12-20)21-13-6-7-14-23(21)26-24/h1,3-4,6-7,11-14,19H,2,5,8-10,15-18H2. The van der Waals surface area contributed by atoms with E-state index in [-0.39, 0.29) is 0 Å². The van der Waals surface area contributed by atoms with Crippen LogP contribution in [0.4, 0.5) is 0 Å². The highest BCUT2D eigenvalue weighted by molar-refractivity contribution is 5.95. The van der Waals surface area contributed by atoms with Crippen LogP contribution >= 0.6 is 0 Å². The summed E-state index contributed by atoms with van der Waals surface area (Å²) in [7, 11) is 0. The average molecular weight is 389 g/mol. The summed E-state index contributed by atoms with van der Waals surface area (Å²) in [6.45, 7) is 2.51. The lowest BCUT2D eigenvalue weighted by Crippen LogP contribution is -2.27. The molecule has 1 aliphatic heterocycles. The maximum Gasteiger partial charge on any atom is 0.222 e. The number of hydrogen-bond donors (Lipinski definition) is 0. The fourth-order valence-electron chi connectivity index (χ4n) is 3.94. The van der Waals surface area contributed by atoms with Gasteiger partial charge in [-0.05, 0) is 49.3 Å². The summed E-state index contributed by atoms with van der Waals surface area (Å²) < 4.78 is 5.98. The van der Waals surface area contributed by atoms with Gasteiger partial charge in [-0.1, -0.05) is 48.5 Å². The number of aromatic nitrogens is 1. The Bertz CT molecular complexity index is 949. The second-order valence-electron chi connectivity index (χ2n) is 7.64. The zero-order valence-electron chi connectivity index (χ0n) is 16.8. The molecule has 0 atom stereocenters. The number of unbranched alkanes of at least 4 members (excludes halogenated alkanes) is 2. The second-order valence-corrected chi connectivity index (χ2v) is 7.64. The zero-order chi connectivity index (χ0) is 19.9. The van der Waals surface area contributed by atoms with E-state index in [1.165, 1.54) is 0 Å². The second kappa shape index (κ2) is 9.55. The summed E-state index contributed by atoms with van der Waals surface area (Å²) in [6.07, 6.45) is 5.83. The van der Waals surface area contributed by atoms with Gasteiger partial charge in [0.1, 0.15) is 0 Å². The van der Waals surface area contributed by atoms with Crippen molar-refractivity contribution in [1.29, 1.82) is 0 Å². The first-order valence-corrected chi connectivity index (χ1v) is 10.7. The first kappa shape index (κ1) is 19.4. The third-order valence-electron chi connectivity index (χ3n) is 5.52. The highest BCUT2D eigenvalue weighted by atomic mass is 16.5. The molecule has 2 aromatic carbocycles. The predicted octanol–water partition coefficient (Wildman–Crippen LogP) is 5.46. The van der Waals surface area contributed by atoms with E-state index in [1.54, 1.807) is 0 Å². The van der Waals surface area contributed by atoms with Gasteiger partial charge in [0.2, 0.25) is 11.8 Å². The first-order valence-electron chi connectivity index (χ1n) is 10.7. The Morgan fingerprint density at radius 1 is 0.931 bits per heavy atom. The number of para-hydroxylation sites is 1. The molecule has 4 rings (SSSR count). The molecule has 4 nitrogen and oxygen atoms in total. The van der Waals surface area contributed by atoms with Crippen molar-refractivity contribution in [2.24, 2.45) is 0 Å². The van der Waals surface area contributed by atoms with Gasteiger partial charge in [-0.2, -0.15) is 0 Å². The van der Waals surface area contributed by atoms with Gasteiger partial charge >= 0.3 is 0 Å². The minimum atomic E-state index is 0.312.